The zero-order valence-electron chi connectivity index (χ0n) is 11.2. The number of unbranched alkanes of at least 4 members (excludes halogenated alkanes) is 1. The smallest absolute Gasteiger partial charge is 0.120 e. The van der Waals surface area contributed by atoms with Crippen LogP contribution in [-0.4, -0.2) is 20.7 Å². The molecular formula is C14H19N5. The highest BCUT2D eigenvalue weighted by Gasteiger charge is 2.01. The quantitative estimate of drug-likeness (QED) is 0.767. The Balaban J connectivity index is 1.60. The molecule has 2 heterocycles. The zero-order valence-corrected chi connectivity index (χ0v) is 11.2. The predicted octanol–water partition coefficient (Wildman–Crippen LogP) is 1.66. The van der Waals surface area contributed by atoms with E-state index in [1.807, 2.05) is 36.4 Å². The van der Waals surface area contributed by atoms with E-state index in [9.17, 15) is 0 Å². The molecule has 1 N–H and O–H groups in total. The SMILES string of the molecule is Cn1cc(CNCCCCn2ccnc2)cc1C#N. The summed E-state index contributed by atoms with van der Waals surface area (Å²) in [5.41, 5.74) is 1.87. The number of aryl methyl sites for hydroxylation is 2. The fourth-order valence-corrected chi connectivity index (χ4v) is 2.04. The Bertz CT molecular complexity index is 533. The lowest BCUT2D eigenvalue weighted by molar-refractivity contribution is 0.568. The van der Waals surface area contributed by atoms with Gasteiger partial charge in [0.25, 0.3) is 0 Å². The van der Waals surface area contributed by atoms with E-state index in [-0.39, 0.29) is 0 Å². The number of imidazole rings is 1. The van der Waals surface area contributed by atoms with Gasteiger partial charge >= 0.3 is 0 Å². The molecule has 0 unspecified atom stereocenters. The van der Waals surface area contributed by atoms with E-state index < -0.39 is 0 Å². The van der Waals surface area contributed by atoms with Gasteiger partial charge in [-0.05, 0) is 31.0 Å². The van der Waals surface area contributed by atoms with Crippen molar-refractivity contribution in [3.8, 4) is 6.07 Å². The number of nitrogens with one attached hydrogen (secondary N) is 1. The Morgan fingerprint density at radius 1 is 1.42 bits per heavy atom. The summed E-state index contributed by atoms with van der Waals surface area (Å²) in [4.78, 5) is 4.01. The normalized spacial score (nSPS) is 10.5. The van der Waals surface area contributed by atoms with Gasteiger partial charge in [0.15, 0.2) is 0 Å². The van der Waals surface area contributed by atoms with Crippen molar-refractivity contribution >= 4 is 0 Å². The maximum absolute atomic E-state index is 8.87. The number of nitrogens with zero attached hydrogens (tertiary/aromatic N) is 4. The van der Waals surface area contributed by atoms with Crippen LogP contribution < -0.4 is 5.32 Å². The lowest BCUT2D eigenvalue weighted by Gasteiger charge is -2.04. The second-order valence-electron chi connectivity index (χ2n) is 4.64. The molecule has 5 heteroatoms. The van der Waals surface area contributed by atoms with Crippen LogP contribution >= 0.6 is 0 Å². The minimum Gasteiger partial charge on any atom is -0.342 e. The predicted molar refractivity (Wildman–Crippen MR) is 73.3 cm³/mol. The summed E-state index contributed by atoms with van der Waals surface area (Å²) in [7, 11) is 1.90. The Morgan fingerprint density at radius 3 is 3.00 bits per heavy atom. The third-order valence-electron chi connectivity index (χ3n) is 3.08. The molecule has 0 fully saturated rings. The van der Waals surface area contributed by atoms with Gasteiger partial charge in [-0.2, -0.15) is 5.26 Å². The van der Waals surface area contributed by atoms with Crippen LogP contribution in [0.5, 0.6) is 0 Å². The lowest BCUT2D eigenvalue weighted by atomic mass is 10.3. The van der Waals surface area contributed by atoms with Crippen molar-refractivity contribution in [2.45, 2.75) is 25.9 Å². The van der Waals surface area contributed by atoms with Crippen LogP contribution in [0, 0.1) is 11.3 Å². The maximum Gasteiger partial charge on any atom is 0.120 e. The molecule has 0 aromatic carbocycles. The minimum absolute atomic E-state index is 0.705. The fourth-order valence-electron chi connectivity index (χ4n) is 2.04. The average Bonchev–Trinajstić information content (AvgIpc) is 3.03. The molecule has 0 saturated heterocycles. The van der Waals surface area contributed by atoms with Gasteiger partial charge in [0.2, 0.25) is 0 Å². The van der Waals surface area contributed by atoms with E-state index >= 15 is 0 Å². The molecule has 19 heavy (non-hydrogen) atoms. The number of aromatic nitrogens is 3. The highest BCUT2D eigenvalue weighted by molar-refractivity contribution is 5.28. The van der Waals surface area contributed by atoms with Crippen molar-refractivity contribution < 1.29 is 0 Å². The third kappa shape index (κ3) is 3.97. The first-order valence-electron chi connectivity index (χ1n) is 6.51. The Labute approximate surface area is 113 Å². The summed E-state index contributed by atoms with van der Waals surface area (Å²) in [5, 5.41) is 12.3. The van der Waals surface area contributed by atoms with E-state index in [2.05, 4.69) is 20.9 Å². The summed E-state index contributed by atoms with van der Waals surface area (Å²) in [6.45, 7) is 2.83. The van der Waals surface area contributed by atoms with Gasteiger partial charge in [-0.15, -0.1) is 0 Å². The van der Waals surface area contributed by atoms with Crippen molar-refractivity contribution in [3.05, 3.63) is 42.2 Å². The number of hydrogen-bond acceptors (Lipinski definition) is 3. The first-order valence-corrected chi connectivity index (χ1v) is 6.51. The van der Waals surface area contributed by atoms with Crippen LogP contribution in [0.15, 0.2) is 31.0 Å². The van der Waals surface area contributed by atoms with E-state index in [4.69, 9.17) is 5.26 Å². The molecule has 0 atom stereocenters. The van der Waals surface area contributed by atoms with Gasteiger partial charge in [0.1, 0.15) is 11.8 Å². The topological polar surface area (TPSA) is 58.6 Å². The van der Waals surface area contributed by atoms with Gasteiger partial charge in [-0.25, -0.2) is 4.98 Å². The molecule has 0 aliphatic carbocycles. The fraction of sp³-hybridized carbons (Fsp3) is 0.429. The van der Waals surface area contributed by atoms with Gasteiger partial charge < -0.3 is 14.5 Å². The molecule has 5 nitrogen and oxygen atoms in total. The summed E-state index contributed by atoms with van der Waals surface area (Å²) in [5.74, 6) is 0. The highest BCUT2D eigenvalue weighted by atomic mass is 15.0. The molecule has 0 spiro atoms. The van der Waals surface area contributed by atoms with Crippen LogP contribution in [0.1, 0.15) is 24.1 Å². The third-order valence-corrected chi connectivity index (χ3v) is 3.08. The van der Waals surface area contributed by atoms with Crippen molar-refractivity contribution in [2.75, 3.05) is 6.54 Å². The Kier molecular flexibility index (Phi) is 4.76. The van der Waals surface area contributed by atoms with Gasteiger partial charge in [-0.3, -0.25) is 0 Å². The van der Waals surface area contributed by atoms with Gasteiger partial charge in [0, 0.05) is 38.7 Å². The van der Waals surface area contributed by atoms with Crippen LogP contribution in [0.3, 0.4) is 0 Å². The number of hydrogen-bond donors (Lipinski definition) is 1. The van der Waals surface area contributed by atoms with Crippen molar-refractivity contribution in [3.63, 3.8) is 0 Å². The summed E-state index contributed by atoms with van der Waals surface area (Å²) in [6.07, 6.45) is 9.91. The summed E-state index contributed by atoms with van der Waals surface area (Å²) in [6, 6.07) is 4.10. The molecule has 0 amide bonds. The first-order chi connectivity index (χ1) is 9.29. The van der Waals surface area contributed by atoms with E-state index in [0.717, 1.165) is 38.0 Å². The lowest BCUT2D eigenvalue weighted by Crippen LogP contribution is -2.14. The largest absolute Gasteiger partial charge is 0.342 e. The molecule has 2 aromatic heterocycles. The van der Waals surface area contributed by atoms with Crippen molar-refractivity contribution in [2.24, 2.45) is 7.05 Å². The van der Waals surface area contributed by atoms with Crippen LogP contribution in [-0.2, 0) is 20.1 Å². The molecule has 0 radical (unpaired) electrons. The molecule has 100 valence electrons. The summed E-state index contributed by atoms with van der Waals surface area (Å²) >= 11 is 0. The van der Waals surface area contributed by atoms with Gasteiger partial charge in [0.05, 0.1) is 6.33 Å². The Morgan fingerprint density at radius 2 is 2.32 bits per heavy atom. The van der Waals surface area contributed by atoms with Crippen LogP contribution in [0.4, 0.5) is 0 Å². The molecule has 0 saturated carbocycles. The zero-order chi connectivity index (χ0) is 13.5. The molecular weight excluding hydrogens is 238 g/mol. The van der Waals surface area contributed by atoms with E-state index in [1.165, 1.54) is 0 Å². The molecule has 2 rings (SSSR count). The number of rotatable bonds is 7. The van der Waals surface area contributed by atoms with E-state index in [0.29, 0.717) is 5.69 Å². The van der Waals surface area contributed by atoms with Gasteiger partial charge in [-0.1, -0.05) is 0 Å². The minimum atomic E-state index is 0.705. The highest BCUT2D eigenvalue weighted by Crippen LogP contribution is 2.05. The molecule has 0 aliphatic heterocycles. The number of nitriles is 1. The van der Waals surface area contributed by atoms with Crippen LogP contribution in [0.2, 0.25) is 0 Å². The molecule has 0 bridgehead atoms. The molecule has 0 aliphatic rings. The van der Waals surface area contributed by atoms with Crippen molar-refractivity contribution in [1.82, 2.24) is 19.4 Å². The maximum atomic E-state index is 8.87. The monoisotopic (exact) mass is 257 g/mol. The van der Waals surface area contributed by atoms with Crippen molar-refractivity contribution in [1.29, 1.82) is 5.26 Å². The summed E-state index contributed by atoms with van der Waals surface area (Å²) < 4.78 is 3.95. The molecule has 2 aromatic rings. The second-order valence-corrected chi connectivity index (χ2v) is 4.64. The second kappa shape index (κ2) is 6.76. The van der Waals surface area contributed by atoms with E-state index in [1.54, 1.807) is 6.20 Å². The van der Waals surface area contributed by atoms with Crippen LogP contribution in [0.25, 0.3) is 0 Å². The Hall–Kier alpha value is -2.06. The first kappa shape index (κ1) is 13.4. The average molecular weight is 257 g/mol. The standard InChI is InChI=1S/C14H19N5/c1-18-11-13(8-14(18)9-15)10-16-4-2-3-6-19-7-5-17-12-19/h5,7-8,11-12,16H,2-4,6,10H2,1H3.